The van der Waals surface area contributed by atoms with E-state index in [9.17, 15) is 14.0 Å². The van der Waals surface area contributed by atoms with Gasteiger partial charge in [0.25, 0.3) is 0 Å². The van der Waals surface area contributed by atoms with Gasteiger partial charge in [-0.05, 0) is 37.9 Å². The van der Waals surface area contributed by atoms with Crippen molar-refractivity contribution >= 4 is 54.7 Å². The molecule has 248 valence electrons. The molecule has 0 amide bonds. The zero-order valence-corrected chi connectivity index (χ0v) is 27.4. The monoisotopic (exact) mass is 696 g/mol. The van der Waals surface area contributed by atoms with Crippen molar-refractivity contribution in [3.05, 3.63) is 46.1 Å². The van der Waals surface area contributed by atoms with Crippen LogP contribution in [0.25, 0.3) is 32.1 Å². The van der Waals surface area contributed by atoms with E-state index in [1.165, 1.54) is 12.1 Å². The molecule has 6 heterocycles. The predicted octanol–water partition coefficient (Wildman–Crippen LogP) is 6.33. The molecule has 0 unspecified atom stereocenters. The molecule has 2 aromatic carbocycles. The van der Waals surface area contributed by atoms with Crippen LogP contribution in [-0.2, 0) is 6.54 Å². The van der Waals surface area contributed by atoms with Crippen molar-refractivity contribution in [3.63, 3.8) is 0 Å². The third kappa shape index (κ3) is 4.72. The van der Waals surface area contributed by atoms with Gasteiger partial charge in [0.2, 0.25) is 11.8 Å². The number of aromatic nitrogens is 4. The fraction of sp³-hybridized carbons (Fsp3) is 0.406. The number of benzene rings is 2. The van der Waals surface area contributed by atoms with E-state index in [1.807, 2.05) is 17.9 Å². The van der Waals surface area contributed by atoms with Gasteiger partial charge in [-0.3, -0.25) is 4.90 Å². The lowest BCUT2D eigenvalue weighted by Gasteiger charge is -2.31. The lowest BCUT2D eigenvalue weighted by Crippen LogP contribution is -2.43. The highest BCUT2D eigenvalue weighted by molar-refractivity contribution is 7.23. The molecule has 0 aliphatic carbocycles. The second kappa shape index (κ2) is 11.4. The number of nitrogens with two attached hydrogens (primary N) is 1. The third-order valence-electron chi connectivity index (χ3n) is 9.52. The Morgan fingerprint density at radius 2 is 2.08 bits per heavy atom. The maximum absolute atomic E-state index is 17.2. The molecule has 3 atom stereocenters. The summed E-state index contributed by atoms with van der Waals surface area (Å²) < 4.78 is 65.0. The summed E-state index contributed by atoms with van der Waals surface area (Å²) in [6, 6.07) is 4.07. The first-order valence-electron chi connectivity index (χ1n) is 15.4. The van der Waals surface area contributed by atoms with E-state index >= 15 is 4.39 Å². The van der Waals surface area contributed by atoms with Gasteiger partial charge in [0.15, 0.2) is 11.6 Å². The molecular weight excluding hydrogens is 669 g/mol. The Balaban J connectivity index is 1.35. The molecule has 8 rings (SSSR count). The Morgan fingerprint density at radius 1 is 1.25 bits per heavy atom. The average Bonchev–Trinajstić information content (AvgIpc) is 3.79. The van der Waals surface area contributed by atoms with Crippen LogP contribution in [0.2, 0.25) is 5.02 Å². The first kappa shape index (κ1) is 30.9. The van der Waals surface area contributed by atoms with Crippen LogP contribution in [0.5, 0.6) is 11.8 Å². The zero-order chi connectivity index (χ0) is 33.5. The van der Waals surface area contributed by atoms with E-state index in [4.69, 9.17) is 36.2 Å². The number of nitrogens with zero attached hydrogens (tertiary/aromatic N) is 7. The Kier molecular flexibility index (Phi) is 7.31. The summed E-state index contributed by atoms with van der Waals surface area (Å²) in [6.45, 7) is 4.99. The zero-order valence-electron chi connectivity index (χ0n) is 25.8. The Bertz CT molecular complexity index is 2170. The Hall–Kier alpha value is -4.39. The number of aryl methyl sites for hydroxylation is 1. The maximum Gasteiger partial charge on any atom is 0.319 e. The van der Waals surface area contributed by atoms with Crippen molar-refractivity contribution < 1.29 is 27.1 Å². The number of nitriles is 1. The summed E-state index contributed by atoms with van der Waals surface area (Å²) in [5, 5.41) is 18.3. The molecule has 3 aliphatic rings. The van der Waals surface area contributed by atoms with Gasteiger partial charge in [-0.25, -0.2) is 13.2 Å². The molecule has 16 heteroatoms. The van der Waals surface area contributed by atoms with Gasteiger partial charge in [-0.2, -0.15) is 15.2 Å². The number of thiophene rings is 1. The van der Waals surface area contributed by atoms with E-state index in [-0.39, 0.29) is 91.1 Å². The summed E-state index contributed by atoms with van der Waals surface area (Å²) >= 11 is 7.90. The predicted molar refractivity (Wildman–Crippen MR) is 173 cm³/mol. The van der Waals surface area contributed by atoms with Crippen LogP contribution in [-0.4, -0.2) is 69.1 Å². The quantitative estimate of drug-likeness (QED) is 0.213. The van der Waals surface area contributed by atoms with Gasteiger partial charge in [-0.1, -0.05) is 17.7 Å². The molecule has 0 bridgehead atoms. The van der Waals surface area contributed by atoms with Crippen molar-refractivity contribution in [1.29, 1.82) is 5.26 Å². The highest BCUT2D eigenvalue weighted by atomic mass is 35.5. The number of anilines is 2. The highest BCUT2D eigenvalue weighted by Gasteiger charge is 2.49. The van der Waals surface area contributed by atoms with Gasteiger partial charge < -0.3 is 24.5 Å². The van der Waals surface area contributed by atoms with Crippen LogP contribution in [0.15, 0.2) is 16.5 Å². The molecule has 2 N–H and O–H groups in total. The summed E-state index contributed by atoms with van der Waals surface area (Å²) in [4.78, 5) is 13.3. The molecule has 0 saturated carbocycles. The van der Waals surface area contributed by atoms with Crippen molar-refractivity contribution in [2.45, 2.75) is 57.4 Å². The topological polar surface area (TPSA) is 139 Å². The van der Waals surface area contributed by atoms with E-state index in [1.54, 1.807) is 6.92 Å². The summed E-state index contributed by atoms with van der Waals surface area (Å²) in [5.74, 6) is -0.423. The lowest BCUT2D eigenvalue weighted by atomic mass is 9.95. The number of alkyl halides is 1. The molecule has 0 spiro atoms. The van der Waals surface area contributed by atoms with Crippen LogP contribution in [0, 0.1) is 29.9 Å². The first-order valence-corrected chi connectivity index (χ1v) is 16.6. The Morgan fingerprint density at radius 3 is 2.85 bits per heavy atom. The van der Waals surface area contributed by atoms with Crippen molar-refractivity contribution in [3.8, 4) is 29.0 Å². The standard InChI is InChI=1S/C32H28ClF3N8O3S/c1-14-12-45-27-23-26(25(36)22(24(27)33)17-4-5-19(35)28-21(17)18(9-37)29(38)48-28)39-31(40-30(23)44(14)11-20-42-41-15(2)47-20)46-13-32-6-3-7-43(32)10-16(34)8-32/h4-5,14,16H,3,6-8,10-13,38H2,1-2H3/t14-,16+,32-/m0/s1. The molecule has 3 aromatic heterocycles. The van der Waals surface area contributed by atoms with E-state index < -0.39 is 23.3 Å². The van der Waals surface area contributed by atoms with E-state index in [0.717, 1.165) is 30.7 Å². The molecule has 5 aromatic rings. The number of rotatable bonds is 6. The number of hydrogen-bond acceptors (Lipinski definition) is 12. The van der Waals surface area contributed by atoms with Gasteiger partial charge >= 0.3 is 6.01 Å². The molecule has 2 saturated heterocycles. The van der Waals surface area contributed by atoms with Crippen LogP contribution in [0.1, 0.15) is 43.5 Å². The van der Waals surface area contributed by atoms with E-state index in [2.05, 4.69) is 20.1 Å². The summed E-state index contributed by atoms with van der Waals surface area (Å²) in [7, 11) is 0. The molecule has 48 heavy (non-hydrogen) atoms. The highest BCUT2D eigenvalue weighted by Crippen LogP contribution is 2.51. The van der Waals surface area contributed by atoms with Gasteiger partial charge in [0, 0.05) is 30.8 Å². The second-order valence-electron chi connectivity index (χ2n) is 12.5. The van der Waals surface area contributed by atoms with Gasteiger partial charge in [-0.15, -0.1) is 21.5 Å². The summed E-state index contributed by atoms with van der Waals surface area (Å²) in [6.07, 6.45) is 1.02. The molecule has 2 fully saturated rings. The van der Waals surface area contributed by atoms with Crippen LogP contribution in [0.4, 0.5) is 24.0 Å². The third-order valence-corrected chi connectivity index (χ3v) is 10.9. The number of fused-ring (bicyclic) bond motifs is 2. The number of halogens is 4. The number of nitrogen functional groups attached to an aromatic ring is 1. The summed E-state index contributed by atoms with van der Waals surface area (Å²) in [5.41, 5.74) is 5.44. The lowest BCUT2D eigenvalue weighted by molar-refractivity contribution is 0.107. The van der Waals surface area contributed by atoms with Gasteiger partial charge in [0.05, 0.1) is 38.8 Å². The normalized spacial score (nSPS) is 22.2. The Labute approximate surface area is 281 Å². The number of ether oxygens (including phenoxy) is 2. The fourth-order valence-corrected chi connectivity index (χ4v) is 8.60. The minimum atomic E-state index is -0.968. The minimum absolute atomic E-state index is 0.0111. The van der Waals surface area contributed by atoms with Crippen molar-refractivity contribution in [2.75, 3.05) is 36.9 Å². The SMILES string of the molecule is Cc1nnc(CN2c3nc(OC[C@@]45CCCN4C[C@H](F)C5)nc4c(F)c(-c5ccc(F)c6sc(N)c(C#N)c56)c(Cl)c(c34)OC[C@@H]2C)o1. The number of hydrogen-bond donors (Lipinski definition) is 1. The largest absolute Gasteiger partial charge is 0.489 e. The molecule has 11 nitrogen and oxygen atoms in total. The maximum atomic E-state index is 17.2. The van der Waals surface area contributed by atoms with Crippen LogP contribution in [0.3, 0.4) is 0 Å². The molecule has 0 radical (unpaired) electrons. The van der Waals surface area contributed by atoms with Gasteiger partial charge in [0.1, 0.15) is 47.6 Å². The van der Waals surface area contributed by atoms with Crippen LogP contribution < -0.4 is 20.1 Å². The van der Waals surface area contributed by atoms with Crippen LogP contribution >= 0.6 is 22.9 Å². The molecule has 3 aliphatic heterocycles. The average molecular weight is 697 g/mol. The minimum Gasteiger partial charge on any atom is -0.489 e. The second-order valence-corrected chi connectivity index (χ2v) is 13.9. The van der Waals surface area contributed by atoms with Crippen molar-refractivity contribution in [2.24, 2.45) is 0 Å². The van der Waals surface area contributed by atoms with E-state index in [0.29, 0.717) is 24.7 Å². The fourth-order valence-electron chi connectivity index (χ4n) is 7.32. The first-order chi connectivity index (χ1) is 23.1. The molecular formula is C32H28ClF3N8O3S. The van der Waals surface area contributed by atoms with Crippen molar-refractivity contribution in [1.82, 2.24) is 25.1 Å². The smallest absolute Gasteiger partial charge is 0.319 e.